The van der Waals surface area contributed by atoms with Crippen molar-refractivity contribution in [2.24, 2.45) is 11.5 Å². The molecule has 13 heteroatoms. The quantitative estimate of drug-likeness (QED) is 0.146. The van der Waals surface area contributed by atoms with E-state index in [1.54, 1.807) is 6.26 Å². The number of amides is 4. The number of aliphatic carboxylic acids is 1. The Morgan fingerprint density at radius 2 is 1.50 bits per heavy atom. The summed E-state index contributed by atoms with van der Waals surface area (Å²) in [7, 11) is 0. The summed E-state index contributed by atoms with van der Waals surface area (Å²) in [5.74, 6) is -3.91. The summed E-state index contributed by atoms with van der Waals surface area (Å²) in [6.45, 7) is 2.63. The Morgan fingerprint density at radius 3 is 1.93 bits per heavy atom. The molecule has 0 saturated heterocycles. The van der Waals surface area contributed by atoms with Crippen LogP contribution in [0, 0.1) is 0 Å². The number of nitrogens with one attached hydrogen (secondary N) is 3. The molecule has 0 aliphatic carbocycles. The van der Waals surface area contributed by atoms with Gasteiger partial charge in [0.15, 0.2) is 0 Å². The van der Waals surface area contributed by atoms with E-state index < -0.39 is 59.9 Å². The number of aliphatic hydroxyl groups excluding tert-OH is 1. The molecular formula is C17H31N5O7S. The summed E-state index contributed by atoms with van der Waals surface area (Å²) < 4.78 is 0. The van der Waals surface area contributed by atoms with Gasteiger partial charge in [0.25, 0.3) is 0 Å². The summed E-state index contributed by atoms with van der Waals surface area (Å²) in [6, 6.07) is -4.86. The van der Waals surface area contributed by atoms with Gasteiger partial charge in [0, 0.05) is 6.42 Å². The zero-order valence-corrected chi connectivity index (χ0v) is 18.0. The van der Waals surface area contributed by atoms with Crippen LogP contribution >= 0.6 is 11.8 Å². The van der Waals surface area contributed by atoms with Crippen molar-refractivity contribution < 1.29 is 34.2 Å². The summed E-state index contributed by atoms with van der Waals surface area (Å²) >= 11 is 1.40. The first-order valence-electron chi connectivity index (χ1n) is 9.25. The number of thioether (sulfide) groups is 1. The number of carbonyl (C=O) groups is 5. The number of aliphatic hydroxyl groups is 1. The Hall–Kier alpha value is -2.38. The molecule has 0 rings (SSSR count). The van der Waals surface area contributed by atoms with Crippen molar-refractivity contribution >= 4 is 41.4 Å². The van der Waals surface area contributed by atoms with Crippen LogP contribution in [0.25, 0.3) is 0 Å². The Labute approximate surface area is 178 Å². The number of carboxylic acids is 1. The number of hydrogen-bond acceptors (Lipinski definition) is 8. The smallest absolute Gasteiger partial charge is 0.326 e. The second-order valence-corrected chi connectivity index (χ2v) is 7.75. The Morgan fingerprint density at radius 1 is 0.933 bits per heavy atom. The standard InChI is InChI=1S/C17H31N5O7S/c1-8(18)14(25)20-10(4-5-12(19)24)15(26)22-13(9(2)23)16(27)21-11(17(28)29)6-7-30-3/h8-11,13,23H,4-7,18H2,1-3H3,(H2,19,24)(H,20,25)(H,21,27)(H,22,26)(H,28,29). The van der Waals surface area contributed by atoms with E-state index in [0.717, 1.165) is 0 Å². The lowest BCUT2D eigenvalue weighted by molar-refractivity contribution is -0.143. The minimum Gasteiger partial charge on any atom is -0.480 e. The van der Waals surface area contributed by atoms with Crippen LogP contribution in [0.15, 0.2) is 0 Å². The van der Waals surface area contributed by atoms with E-state index in [2.05, 4.69) is 16.0 Å². The summed E-state index contributed by atoms with van der Waals surface area (Å²) in [6.07, 6.45) is 0.180. The second-order valence-electron chi connectivity index (χ2n) is 6.76. The third-order valence-corrected chi connectivity index (χ3v) is 4.66. The fraction of sp³-hybridized carbons (Fsp3) is 0.706. The van der Waals surface area contributed by atoms with Gasteiger partial charge in [-0.15, -0.1) is 0 Å². The molecule has 0 spiro atoms. The third-order valence-electron chi connectivity index (χ3n) is 4.01. The van der Waals surface area contributed by atoms with Gasteiger partial charge >= 0.3 is 5.97 Å². The predicted octanol–water partition coefficient (Wildman–Crippen LogP) is -2.73. The van der Waals surface area contributed by atoms with E-state index in [4.69, 9.17) is 11.5 Å². The summed E-state index contributed by atoms with van der Waals surface area (Å²) in [4.78, 5) is 59.3. The molecule has 0 fully saturated rings. The maximum absolute atomic E-state index is 12.6. The minimum absolute atomic E-state index is 0.147. The van der Waals surface area contributed by atoms with Crippen LogP contribution in [-0.2, 0) is 24.0 Å². The van der Waals surface area contributed by atoms with Crippen molar-refractivity contribution in [1.82, 2.24) is 16.0 Å². The number of rotatable bonds is 14. The fourth-order valence-electron chi connectivity index (χ4n) is 2.27. The van der Waals surface area contributed by atoms with Crippen molar-refractivity contribution in [3.63, 3.8) is 0 Å². The lowest BCUT2D eigenvalue weighted by Gasteiger charge is -2.26. The van der Waals surface area contributed by atoms with Gasteiger partial charge in [-0.25, -0.2) is 4.79 Å². The molecular weight excluding hydrogens is 418 g/mol. The first kappa shape index (κ1) is 27.6. The van der Waals surface area contributed by atoms with Crippen molar-refractivity contribution in [2.75, 3.05) is 12.0 Å². The molecule has 0 aromatic carbocycles. The molecule has 0 heterocycles. The van der Waals surface area contributed by atoms with E-state index in [9.17, 15) is 34.2 Å². The van der Waals surface area contributed by atoms with E-state index in [1.807, 2.05) is 0 Å². The third kappa shape index (κ3) is 10.4. The van der Waals surface area contributed by atoms with Crippen molar-refractivity contribution in [3.05, 3.63) is 0 Å². The van der Waals surface area contributed by atoms with Gasteiger partial charge in [0.1, 0.15) is 18.1 Å². The summed E-state index contributed by atoms with van der Waals surface area (Å²) in [5.41, 5.74) is 10.5. The highest BCUT2D eigenvalue weighted by molar-refractivity contribution is 7.98. The monoisotopic (exact) mass is 449 g/mol. The van der Waals surface area contributed by atoms with Gasteiger partial charge in [0.2, 0.25) is 23.6 Å². The van der Waals surface area contributed by atoms with Crippen molar-refractivity contribution in [3.8, 4) is 0 Å². The lowest BCUT2D eigenvalue weighted by atomic mass is 10.1. The van der Waals surface area contributed by atoms with Gasteiger partial charge in [-0.05, 0) is 38.7 Å². The average molecular weight is 450 g/mol. The highest BCUT2D eigenvalue weighted by Gasteiger charge is 2.32. The molecule has 9 N–H and O–H groups in total. The number of nitrogens with two attached hydrogens (primary N) is 2. The van der Waals surface area contributed by atoms with Crippen LogP contribution in [0.1, 0.15) is 33.1 Å². The molecule has 0 aromatic heterocycles. The maximum Gasteiger partial charge on any atom is 0.326 e. The van der Waals surface area contributed by atoms with Crippen LogP contribution < -0.4 is 27.4 Å². The van der Waals surface area contributed by atoms with E-state index in [-0.39, 0.29) is 19.3 Å². The van der Waals surface area contributed by atoms with Gasteiger partial charge < -0.3 is 37.6 Å². The van der Waals surface area contributed by atoms with E-state index in [1.165, 1.54) is 25.6 Å². The maximum atomic E-state index is 12.6. The van der Waals surface area contributed by atoms with Gasteiger partial charge in [0.05, 0.1) is 12.1 Å². The molecule has 30 heavy (non-hydrogen) atoms. The van der Waals surface area contributed by atoms with Crippen LogP contribution in [-0.4, -0.2) is 82.1 Å². The zero-order chi connectivity index (χ0) is 23.4. The second kappa shape index (κ2) is 13.8. The van der Waals surface area contributed by atoms with Crippen LogP contribution in [0.5, 0.6) is 0 Å². The van der Waals surface area contributed by atoms with Gasteiger partial charge in [-0.2, -0.15) is 11.8 Å². The molecule has 172 valence electrons. The number of hydrogen-bond donors (Lipinski definition) is 7. The molecule has 0 saturated carbocycles. The number of primary amides is 1. The zero-order valence-electron chi connectivity index (χ0n) is 17.2. The first-order chi connectivity index (χ1) is 13.9. The number of carboxylic acid groups (broad SMARTS) is 1. The van der Waals surface area contributed by atoms with Crippen LogP contribution in [0.4, 0.5) is 0 Å². The first-order valence-corrected chi connectivity index (χ1v) is 10.6. The molecule has 12 nitrogen and oxygen atoms in total. The molecule has 5 atom stereocenters. The van der Waals surface area contributed by atoms with Gasteiger partial charge in [-0.3, -0.25) is 19.2 Å². The lowest BCUT2D eigenvalue weighted by Crippen LogP contribution is -2.59. The summed E-state index contributed by atoms with van der Waals surface area (Å²) in [5, 5.41) is 26.1. The molecule has 5 unspecified atom stereocenters. The SMILES string of the molecule is CSCCC(NC(=O)C(NC(=O)C(CCC(N)=O)NC(=O)C(C)N)C(C)O)C(=O)O. The fourth-order valence-corrected chi connectivity index (χ4v) is 2.74. The topological polar surface area (TPSA) is 214 Å². The Balaban J connectivity index is 5.33. The molecule has 0 bridgehead atoms. The highest BCUT2D eigenvalue weighted by atomic mass is 32.2. The molecule has 0 aliphatic heterocycles. The van der Waals surface area contributed by atoms with Crippen LogP contribution in [0.2, 0.25) is 0 Å². The van der Waals surface area contributed by atoms with Crippen molar-refractivity contribution in [2.45, 2.75) is 63.4 Å². The minimum atomic E-state index is -1.49. The van der Waals surface area contributed by atoms with Crippen molar-refractivity contribution in [1.29, 1.82) is 0 Å². The molecule has 0 aromatic rings. The predicted molar refractivity (Wildman–Crippen MR) is 110 cm³/mol. The average Bonchev–Trinajstić information content (AvgIpc) is 2.64. The largest absolute Gasteiger partial charge is 0.480 e. The van der Waals surface area contributed by atoms with Crippen LogP contribution in [0.3, 0.4) is 0 Å². The van der Waals surface area contributed by atoms with E-state index in [0.29, 0.717) is 5.75 Å². The molecule has 0 aliphatic rings. The van der Waals surface area contributed by atoms with E-state index >= 15 is 0 Å². The molecule has 4 amide bonds. The number of carbonyl (C=O) groups excluding carboxylic acids is 4. The Bertz CT molecular complexity index is 630. The van der Waals surface area contributed by atoms with Gasteiger partial charge in [-0.1, -0.05) is 0 Å². The highest BCUT2D eigenvalue weighted by Crippen LogP contribution is 2.05. The Kier molecular flexibility index (Phi) is 12.7. The molecule has 0 radical (unpaired) electrons. The normalized spacial score (nSPS) is 15.8.